The average molecular weight is 553 g/mol. The lowest BCUT2D eigenvalue weighted by molar-refractivity contribution is -0.141. The van der Waals surface area contributed by atoms with Crippen LogP contribution in [0.3, 0.4) is 0 Å². The van der Waals surface area contributed by atoms with Crippen molar-refractivity contribution in [2.75, 3.05) is 39.1 Å². The van der Waals surface area contributed by atoms with Crippen LogP contribution in [0.15, 0.2) is 36.4 Å². The standard InChI is InChI=1S/C31H44N4O5/c1-5-6-16-34(3)17-18-35-27(29(37)33-23-13-8-7-10-20(23)2)31-15-14-24(40-31)25(26(31)30(35)38)28(36)32-21-11-9-12-22(19-21)39-4/h9,11-12,14-15,19-20,23-27H,5-8,10,13,16-18H2,1-4H3,(H,32,36)(H,33,37)/t20?,23?,24-,25?,26-,27?,31?/m1/s1. The Balaban J connectivity index is 1.41. The van der Waals surface area contributed by atoms with Crippen LogP contribution < -0.4 is 15.4 Å². The zero-order chi connectivity index (χ0) is 28.4. The van der Waals surface area contributed by atoms with E-state index in [0.717, 1.165) is 38.6 Å². The van der Waals surface area contributed by atoms with Gasteiger partial charge in [0.1, 0.15) is 17.4 Å². The summed E-state index contributed by atoms with van der Waals surface area (Å²) in [6.07, 6.45) is 9.63. The molecule has 218 valence electrons. The van der Waals surface area contributed by atoms with Crippen LogP contribution in [0.2, 0.25) is 0 Å². The molecule has 2 bridgehead atoms. The summed E-state index contributed by atoms with van der Waals surface area (Å²) in [5.74, 6) is -1.12. The third kappa shape index (κ3) is 5.26. The van der Waals surface area contributed by atoms with Gasteiger partial charge in [0.2, 0.25) is 17.7 Å². The van der Waals surface area contributed by atoms with Gasteiger partial charge in [-0.25, -0.2) is 0 Å². The van der Waals surface area contributed by atoms with Gasteiger partial charge in [0.25, 0.3) is 0 Å². The van der Waals surface area contributed by atoms with Crippen LogP contribution in [0.4, 0.5) is 5.69 Å². The Bertz CT molecular complexity index is 1140. The molecule has 3 aliphatic heterocycles. The molecule has 40 heavy (non-hydrogen) atoms. The molecular weight excluding hydrogens is 508 g/mol. The van der Waals surface area contributed by atoms with Crippen molar-refractivity contribution in [3.05, 3.63) is 36.4 Å². The SMILES string of the molecule is CCCCN(C)CCN1C(=O)[C@H]2C(C(=O)Nc3cccc(OC)c3)[C@H]3C=CC2(O3)C1C(=O)NC1CCCCC1C. The van der Waals surface area contributed by atoms with E-state index in [2.05, 4.69) is 29.4 Å². The second kappa shape index (κ2) is 11.9. The Morgan fingerprint density at radius 3 is 2.75 bits per heavy atom. The molecule has 5 rings (SSSR count). The number of carbonyl (C=O) groups is 3. The molecular formula is C31H44N4O5. The van der Waals surface area contributed by atoms with E-state index in [9.17, 15) is 14.4 Å². The number of unbranched alkanes of at least 4 members (excludes halogenated alkanes) is 1. The summed E-state index contributed by atoms with van der Waals surface area (Å²) in [6.45, 7) is 6.31. The maximum absolute atomic E-state index is 14.2. The van der Waals surface area contributed by atoms with Crippen LogP contribution in [-0.4, -0.2) is 85.1 Å². The molecule has 1 aliphatic carbocycles. The molecule has 1 saturated carbocycles. The second-order valence-electron chi connectivity index (χ2n) is 12.0. The van der Waals surface area contributed by atoms with Crippen molar-refractivity contribution in [2.24, 2.45) is 17.8 Å². The molecule has 3 amide bonds. The minimum Gasteiger partial charge on any atom is -0.497 e. The lowest BCUT2D eigenvalue weighted by Crippen LogP contribution is -2.58. The number of hydrogen-bond donors (Lipinski definition) is 2. The molecule has 1 aromatic carbocycles. The number of hydrogen-bond acceptors (Lipinski definition) is 6. The van der Waals surface area contributed by atoms with Gasteiger partial charge >= 0.3 is 0 Å². The molecule has 0 radical (unpaired) electrons. The summed E-state index contributed by atoms with van der Waals surface area (Å²) in [5, 5.41) is 6.26. The van der Waals surface area contributed by atoms with Crippen molar-refractivity contribution in [3.63, 3.8) is 0 Å². The van der Waals surface area contributed by atoms with E-state index >= 15 is 0 Å². The van der Waals surface area contributed by atoms with Crippen LogP contribution in [0.1, 0.15) is 52.4 Å². The van der Waals surface area contributed by atoms with Gasteiger partial charge in [-0.1, -0.05) is 51.3 Å². The Hall–Kier alpha value is -2.91. The highest BCUT2D eigenvalue weighted by atomic mass is 16.5. The highest BCUT2D eigenvalue weighted by Gasteiger charge is 2.72. The fourth-order valence-electron chi connectivity index (χ4n) is 7.04. The molecule has 1 aromatic rings. The lowest BCUT2D eigenvalue weighted by atomic mass is 9.74. The maximum Gasteiger partial charge on any atom is 0.246 e. The van der Waals surface area contributed by atoms with Crippen molar-refractivity contribution in [1.82, 2.24) is 15.1 Å². The smallest absolute Gasteiger partial charge is 0.246 e. The van der Waals surface area contributed by atoms with Crippen molar-refractivity contribution in [3.8, 4) is 5.75 Å². The van der Waals surface area contributed by atoms with E-state index in [1.807, 2.05) is 19.2 Å². The Morgan fingerprint density at radius 1 is 1.20 bits per heavy atom. The number of anilines is 1. The molecule has 1 spiro atoms. The van der Waals surface area contributed by atoms with Gasteiger partial charge in [-0.05, 0) is 50.9 Å². The molecule has 3 fully saturated rings. The predicted octanol–water partition coefficient (Wildman–Crippen LogP) is 3.21. The first-order valence-electron chi connectivity index (χ1n) is 14.9. The summed E-state index contributed by atoms with van der Waals surface area (Å²) < 4.78 is 11.8. The van der Waals surface area contributed by atoms with E-state index in [1.165, 1.54) is 6.42 Å². The summed E-state index contributed by atoms with van der Waals surface area (Å²) in [5.41, 5.74) is -0.562. The maximum atomic E-state index is 14.2. The number of fused-ring (bicyclic) bond motifs is 1. The van der Waals surface area contributed by atoms with Crippen LogP contribution >= 0.6 is 0 Å². The topological polar surface area (TPSA) is 100 Å². The summed E-state index contributed by atoms with van der Waals surface area (Å²) in [7, 11) is 3.62. The first kappa shape index (κ1) is 28.6. The Labute approximate surface area is 237 Å². The van der Waals surface area contributed by atoms with Crippen molar-refractivity contribution < 1.29 is 23.9 Å². The second-order valence-corrected chi connectivity index (χ2v) is 12.0. The van der Waals surface area contributed by atoms with E-state index in [0.29, 0.717) is 30.4 Å². The molecule has 0 aromatic heterocycles. The van der Waals surface area contributed by atoms with Crippen LogP contribution in [-0.2, 0) is 19.1 Å². The number of benzene rings is 1. The molecule has 2 N–H and O–H groups in total. The van der Waals surface area contributed by atoms with Gasteiger partial charge in [0.15, 0.2) is 0 Å². The van der Waals surface area contributed by atoms with Crippen LogP contribution in [0, 0.1) is 17.8 Å². The van der Waals surface area contributed by atoms with Gasteiger partial charge < -0.3 is 29.9 Å². The van der Waals surface area contributed by atoms with Gasteiger partial charge in [0.05, 0.1) is 25.0 Å². The number of carbonyl (C=O) groups excluding carboxylic acids is 3. The first-order valence-corrected chi connectivity index (χ1v) is 14.9. The van der Waals surface area contributed by atoms with Gasteiger partial charge in [-0.15, -0.1) is 0 Å². The number of likely N-dealkylation sites (tertiary alicyclic amines) is 1. The zero-order valence-electron chi connectivity index (χ0n) is 24.2. The van der Waals surface area contributed by atoms with Gasteiger partial charge in [-0.2, -0.15) is 0 Å². The van der Waals surface area contributed by atoms with E-state index in [-0.39, 0.29) is 23.8 Å². The largest absolute Gasteiger partial charge is 0.497 e. The molecule has 7 atom stereocenters. The highest BCUT2D eigenvalue weighted by Crippen LogP contribution is 2.55. The zero-order valence-corrected chi connectivity index (χ0v) is 24.2. The molecule has 4 aliphatic rings. The minimum absolute atomic E-state index is 0.0793. The molecule has 2 saturated heterocycles. The average Bonchev–Trinajstić information content (AvgIpc) is 3.59. The summed E-state index contributed by atoms with van der Waals surface area (Å²) >= 11 is 0. The third-order valence-electron chi connectivity index (χ3n) is 9.32. The number of likely N-dealkylation sites (N-methyl/N-ethyl adjacent to an activating group) is 1. The van der Waals surface area contributed by atoms with Crippen molar-refractivity contribution in [2.45, 2.75) is 76.2 Å². The van der Waals surface area contributed by atoms with Gasteiger partial charge in [0, 0.05) is 30.9 Å². The first-order chi connectivity index (χ1) is 19.3. The number of ether oxygens (including phenoxy) is 2. The Morgan fingerprint density at radius 2 is 2.00 bits per heavy atom. The predicted molar refractivity (Wildman–Crippen MR) is 153 cm³/mol. The fourth-order valence-corrected chi connectivity index (χ4v) is 7.04. The summed E-state index contributed by atoms with van der Waals surface area (Å²) in [4.78, 5) is 45.8. The highest BCUT2D eigenvalue weighted by molar-refractivity contribution is 6.02. The van der Waals surface area contributed by atoms with Crippen LogP contribution in [0.25, 0.3) is 0 Å². The quantitative estimate of drug-likeness (QED) is 0.409. The fraction of sp³-hybridized carbons (Fsp3) is 0.645. The minimum atomic E-state index is -1.15. The number of amides is 3. The van der Waals surface area contributed by atoms with Gasteiger partial charge in [-0.3, -0.25) is 14.4 Å². The van der Waals surface area contributed by atoms with E-state index < -0.39 is 29.6 Å². The Kier molecular flexibility index (Phi) is 8.52. The monoisotopic (exact) mass is 552 g/mol. The lowest BCUT2D eigenvalue weighted by Gasteiger charge is -2.36. The molecule has 9 heteroatoms. The number of nitrogens with one attached hydrogen (secondary N) is 2. The molecule has 9 nitrogen and oxygen atoms in total. The number of rotatable bonds is 11. The molecule has 3 heterocycles. The normalized spacial score (nSPS) is 32.4. The van der Waals surface area contributed by atoms with Crippen LogP contribution in [0.5, 0.6) is 5.75 Å². The summed E-state index contributed by atoms with van der Waals surface area (Å²) in [6, 6.07) is 6.41. The molecule has 5 unspecified atom stereocenters. The van der Waals surface area contributed by atoms with Crippen molar-refractivity contribution >= 4 is 23.4 Å². The van der Waals surface area contributed by atoms with E-state index in [1.54, 1.807) is 36.3 Å². The van der Waals surface area contributed by atoms with Crippen molar-refractivity contribution in [1.29, 1.82) is 0 Å². The number of methoxy groups -OCH3 is 1. The van der Waals surface area contributed by atoms with E-state index in [4.69, 9.17) is 9.47 Å². The third-order valence-corrected chi connectivity index (χ3v) is 9.32. The number of nitrogens with zero attached hydrogens (tertiary/aromatic N) is 2.